The first-order valence-corrected chi connectivity index (χ1v) is 7.26. The van der Waals surface area contributed by atoms with Gasteiger partial charge in [-0.2, -0.15) is 0 Å². The number of benzene rings is 1. The molecule has 0 bridgehead atoms. The van der Waals surface area contributed by atoms with E-state index in [1.54, 1.807) is 0 Å². The van der Waals surface area contributed by atoms with E-state index in [0.29, 0.717) is 0 Å². The van der Waals surface area contributed by atoms with Crippen LogP contribution in [0.4, 0.5) is 0 Å². The summed E-state index contributed by atoms with van der Waals surface area (Å²) in [6.45, 7) is 6.21. The molecule has 1 fully saturated rings. The minimum absolute atomic E-state index is 0.509. The van der Waals surface area contributed by atoms with E-state index in [4.69, 9.17) is 0 Å². The quantitative estimate of drug-likeness (QED) is 0.846. The maximum Gasteiger partial charge on any atom is 0.0712 e. The Morgan fingerprint density at radius 2 is 1.84 bits per heavy atom. The lowest BCUT2D eigenvalue weighted by atomic mass is 9.85. The van der Waals surface area contributed by atoms with Gasteiger partial charge in [-0.25, -0.2) is 0 Å². The number of likely N-dealkylation sites (N-methyl/N-ethyl adjacent to an activating group) is 1. The fraction of sp³-hybridized carbons (Fsp3) is 0.625. The van der Waals surface area contributed by atoms with Gasteiger partial charge in [-0.15, -0.1) is 0 Å². The maximum atomic E-state index is 10.7. The smallest absolute Gasteiger partial charge is 0.0712 e. The van der Waals surface area contributed by atoms with Crippen molar-refractivity contribution in [2.24, 2.45) is 0 Å². The molecule has 1 heterocycles. The van der Waals surface area contributed by atoms with Gasteiger partial charge < -0.3 is 15.3 Å². The Labute approximate surface area is 116 Å². The normalized spacial score (nSPS) is 19.5. The van der Waals surface area contributed by atoms with Crippen molar-refractivity contribution in [2.75, 3.05) is 33.2 Å². The second kappa shape index (κ2) is 6.51. The van der Waals surface area contributed by atoms with Crippen molar-refractivity contribution < 1.29 is 5.11 Å². The summed E-state index contributed by atoms with van der Waals surface area (Å²) in [5.41, 5.74) is 2.01. The first kappa shape index (κ1) is 14.5. The lowest BCUT2D eigenvalue weighted by Gasteiger charge is -2.38. The molecule has 1 aliphatic heterocycles. The molecule has 0 aliphatic carbocycles. The lowest BCUT2D eigenvalue weighted by Crippen LogP contribution is -2.47. The van der Waals surface area contributed by atoms with Crippen molar-refractivity contribution in [3.05, 3.63) is 35.4 Å². The van der Waals surface area contributed by atoms with Crippen molar-refractivity contribution in [3.8, 4) is 0 Å². The number of piperidine rings is 1. The molecule has 1 aromatic carbocycles. The van der Waals surface area contributed by atoms with Crippen LogP contribution in [0.3, 0.4) is 0 Å². The summed E-state index contributed by atoms with van der Waals surface area (Å²) in [5.74, 6) is 0. The molecule has 1 aliphatic rings. The summed E-state index contributed by atoms with van der Waals surface area (Å²) in [5, 5.41) is 13.9. The summed E-state index contributed by atoms with van der Waals surface area (Å²) in [4.78, 5) is 2.43. The number of aryl methyl sites for hydroxylation is 1. The molecular formula is C16H26N2O. The molecule has 3 heteroatoms. The zero-order valence-corrected chi connectivity index (χ0v) is 12.2. The van der Waals surface area contributed by atoms with Gasteiger partial charge >= 0.3 is 0 Å². The second-order valence-electron chi connectivity index (χ2n) is 5.83. The Kier molecular flexibility index (Phi) is 4.97. The molecule has 2 rings (SSSR count). The average molecular weight is 262 g/mol. The van der Waals surface area contributed by atoms with Crippen LogP contribution in [-0.4, -0.2) is 48.8 Å². The number of rotatable bonds is 5. The second-order valence-corrected chi connectivity index (χ2v) is 5.83. The predicted octanol–water partition coefficient (Wildman–Crippen LogP) is 1.58. The van der Waals surface area contributed by atoms with Crippen molar-refractivity contribution in [2.45, 2.75) is 31.8 Å². The van der Waals surface area contributed by atoms with Crippen LogP contribution >= 0.6 is 0 Å². The van der Waals surface area contributed by atoms with Gasteiger partial charge in [0.2, 0.25) is 0 Å². The van der Waals surface area contributed by atoms with Crippen molar-refractivity contribution in [3.63, 3.8) is 0 Å². The van der Waals surface area contributed by atoms with Crippen LogP contribution in [0, 0.1) is 6.92 Å². The molecule has 1 saturated heterocycles. The van der Waals surface area contributed by atoms with Gasteiger partial charge in [0.1, 0.15) is 0 Å². The minimum atomic E-state index is -0.509. The molecule has 0 radical (unpaired) electrons. The molecule has 0 unspecified atom stereocenters. The van der Waals surface area contributed by atoms with Gasteiger partial charge in [0.15, 0.2) is 0 Å². The molecular weight excluding hydrogens is 236 g/mol. The highest BCUT2D eigenvalue weighted by Gasteiger charge is 2.31. The maximum absolute atomic E-state index is 10.7. The Morgan fingerprint density at radius 1 is 1.21 bits per heavy atom. The molecule has 0 saturated carbocycles. The van der Waals surface area contributed by atoms with Crippen molar-refractivity contribution in [1.82, 2.24) is 10.2 Å². The van der Waals surface area contributed by atoms with Gasteiger partial charge in [0.05, 0.1) is 5.60 Å². The summed E-state index contributed by atoms with van der Waals surface area (Å²) >= 11 is 0. The fourth-order valence-corrected chi connectivity index (χ4v) is 2.73. The first-order chi connectivity index (χ1) is 9.11. The van der Waals surface area contributed by atoms with Gasteiger partial charge in [-0.1, -0.05) is 29.8 Å². The largest absolute Gasteiger partial charge is 0.389 e. The van der Waals surface area contributed by atoms with Crippen LogP contribution in [0.1, 0.15) is 24.0 Å². The molecule has 2 N–H and O–H groups in total. The Balaban J connectivity index is 1.85. The number of hydrogen-bond donors (Lipinski definition) is 2. The Hall–Kier alpha value is -0.900. The molecule has 0 aromatic heterocycles. The van der Waals surface area contributed by atoms with E-state index < -0.39 is 5.60 Å². The van der Waals surface area contributed by atoms with E-state index in [-0.39, 0.29) is 0 Å². The Bertz CT molecular complexity index is 380. The Morgan fingerprint density at radius 3 is 2.42 bits per heavy atom. The summed E-state index contributed by atoms with van der Waals surface area (Å²) < 4.78 is 0. The summed E-state index contributed by atoms with van der Waals surface area (Å²) in [6.07, 6.45) is 2.54. The van der Waals surface area contributed by atoms with Crippen LogP contribution in [0.15, 0.2) is 24.3 Å². The molecule has 1 aromatic rings. The molecule has 0 spiro atoms. The van der Waals surface area contributed by atoms with Crippen LogP contribution in [0.5, 0.6) is 0 Å². The monoisotopic (exact) mass is 262 g/mol. The number of aliphatic hydroxyl groups is 1. The molecule has 0 atom stereocenters. The number of nitrogens with zero attached hydrogens (tertiary/aromatic N) is 1. The van der Waals surface area contributed by atoms with E-state index in [0.717, 1.165) is 45.4 Å². The van der Waals surface area contributed by atoms with Crippen molar-refractivity contribution in [1.29, 1.82) is 0 Å². The van der Waals surface area contributed by atoms with E-state index in [1.807, 2.05) is 7.05 Å². The van der Waals surface area contributed by atoms with Crippen LogP contribution in [0.25, 0.3) is 0 Å². The van der Waals surface area contributed by atoms with Crippen LogP contribution in [0.2, 0.25) is 0 Å². The fourth-order valence-electron chi connectivity index (χ4n) is 2.73. The van der Waals surface area contributed by atoms with Crippen molar-refractivity contribution >= 4 is 0 Å². The highest BCUT2D eigenvalue weighted by Crippen LogP contribution is 2.26. The van der Waals surface area contributed by atoms with Gasteiger partial charge in [0, 0.05) is 32.6 Å². The molecule has 19 heavy (non-hydrogen) atoms. The third kappa shape index (κ3) is 4.30. The van der Waals surface area contributed by atoms with E-state index in [9.17, 15) is 5.11 Å². The number of hydrogen-bond acceptors (Lipinski definition) is 3. The van der Waals surface area contributed by atoms with Gasteiger partial charge in [-0.05, 0) is 32.4 Å². The van der Waals surface area contributed by atoms with Crippen LogP contribution in [-0.2, 0) is 6.42 Å². The van der Waals surface area contributed by atoms with E-state index in [2.05, 4.69) is 41.4 Å². The number of likely N-dealkylation sites (tertiary alicyclic amines) is 1. The zero-order valence-electron chi connectivity index (χ0n) is 12.2. The van der Waals surface area contributed by atoms with Gasteiger partial charge in [-0.3, -0.25) is 0 Å². The minimum Gasteiger partial charge on any atom is -0.389 e. The number of nitrogens with one attached hydrogen (secondary N) is 1. The molecule has 3 nitrogen and oxygen atoms in total. The van der Waals surface area contributed by atoms with E-state index >= 15 is 0 Å². The zero-order chi connectivity index (χ0) is 13.7. The topological polar surface area (TPSA) is 35.5 Å². The molecule has 106 valence electrons. The third-order valence-electron chi connectivity index (χ3n) is 4.12. The highest BCUT2D eigenvalue weighted by molar-refractivity contribution is 5.23. The first-order valence-electron chi connectivity index (χ1n) is 7.26. The summed E-state index contributed by atoms with van der Waals surface area (Å²) in [6, 6.07) is 8.53. The van der Waals surface area contributed by atoms with Crippen LogP contribution < -0.4 is 5.32 Å². The van der Waals surface area contributed by atoms with E-state index in [1.165, 1.54) is 11.1 Å². The predicted molar refractivity (Wildman–Crippen MR) is 79.4 cm³/mol. The molecule has 0 amide bonds. The van der Waals surface area contributed by atoms with Gasteiger partial charge in [0.25, 0.3) is 0 Å². The standard InChI is InChI=1S/C16H26N2O/c1-14-3-5-15(6-4-14)13-16(19)7-10-18(11-8-16)12-9-17-2/h3-6,17,19H,7-13H2,1-2H3. The average Bonchev–Trinajstić information content (AvgIpc) is 2.41. The lowest BCUT2D eigenvalue weighted by molar-refractivity contribution is -0.0201. The third-order valence-corrected chi connectivity index (χ3v) is 4.12. The highest BCUT2D eigenvalue weighted by atomic mass is 16.3. The summed E-state index contributed by atoms with van der Waals surface area (Å²) in [7, 11) is 1.98. The SMILES string of the molecule is CNCCN1CCC(O)(Cc2ccc(C)cc2)CC1.